The number of H-pyrrole nitrogens is 2. The third kappa shape index (κ3) is 10.0. The molecule has 5 N–H and O–H groups in total. The first kappa shape index (κ1) is 38.2. The Morgan fingerprint density at radius 2 is 1.09 bits per heavy atom. The van der Waals surface area contributed by atoms with Gasteiger partial charge in [-0.1, -0.05) is 66.7 Å². The lowest BCUT2D eigenvalue weighted by Crippen LogP contribution is -2.18. The minimum atomic E-state index is -4.64. The number of nitrogen functional groups attached to an aromatic ring is 1. The number of carbonyl (C=O) groups excluding carboxylic acids is 3. The Morgan fingerprint density at radius 3 is 1.41 bits per heavy atom. The lowest BCUT2D eigenvalue weighted by Gasteiger charge is -2.04. The van der Waals surface area contributed by atoms with E-state index in [1.165, 1.54) is 43.6 Å². The van der Waals surface area contributed by atoms with E-state index >= 15 is 0 Å². The molecule has 0 aliphatic heterocycles. The Balaban J connectivity index is 0.000000238. The van der Waals surface area contributed by atoms with Crippen molar-refractivity contribution in [1.82, 2.24) is 9.97 Å². The number of ketones is 3. The number of alkyl halides is 3. The van der Waals surface area contributed by atoms with E-state index in [1.54, 1.807) is 0 Å². The second-order valence-corrected chi connectivity index (χ2v) is 9.87. The first-order chi connectivity index (χ1) is 21.6. The molecule has 0 spiro atoms. The van der Waals surface area contributed by atoms with Crippen molar-refractivity contribution in [3.8, 4) is 0 Å². The number of anilines is 1. The highest BCUT2D eigenvalue weighted by Crippen LogP contribution is 2.34. The lowest BCUT2D eigenvalue weighted by molar-refractivity contribution is -0.168. The largest absolute Gasteiger partial charge is 0.449 e. The van der Waals surface area contributed by atoms with Crippen molar-refractivity contribution in [3.63, 3.8) is 0 Å². The van der Waals surface area contributed by atoms with E-state index in [9.17, 15) is 27.6 Å². The smallest absolute Gasteiger partial charge is 0.353 e. The zero-order valence-electron chi connectivity index (χ0n) is 24.9. The van der Waals surface area contributed by atoms with Crippen LogP contribution in [0.25, 0.3) is 43.6 Å². The third-order valence-corrected chi connectivity index (χ3v) is 6.87. The predicted octanol–water partition coefficient (Wildman–Crippen LogP) is 9.40. The first-order valence-electron chi connectivity index (χ1n) is 13.9. The normalized spacial score (nSPS) is 12.3. The lowest BCUT2D eigenvalue weighted by atomic mass is 9.98. The maximum absolute atomic E-state index is 10.8. The number of nitrogens with two attached hydrogens (primary N) is 1. The second-order valence-electron chi connectivity index (χ2n) is 9.87. The van der Waals surface area contributed by atoms with E-state index in [-0.39, 0.29) is 24.0 Å². The van der Waals surface area contributed by atoms with Crippen LogP contribution in [0.4, 0.5) is 18.9 Å². The van der Waals surface area contributed by atoms with Gasteiger partial charge in [0, 0.05) is 58.0 Å². The van der Waals surface area contributed by atoms with E-state index in [0.717, 1.165) is 18.5 Å². The number of fused-ring (bicyclic) bond motifs is 7. The number of hydrazine groups is 1. The van der Waals surface area contributed by atoms with Crippen LogP contribution in [0.2, 0.25) is 0 Å². The second kappa shape index (κ2) is 18.3. The van der Waals surface area contributed by atoms with Gasteiger partial charge in [0.1, 0.15) is 0 Å². The van der Waals surface area contributed by atoms with Crippen molar-refractivity contribution in [2.75, 3.05) is 5.43 Å². The van der Waals surface area contributed by atoms with Crippen LogP contribution in [-0.4, -0.2) is 33.5 Å². The quantitative estimate of drug-likeness (QED) is 0.0437. The molecule has 0 atom stereocenters. The molecule has 0 bridgehead atoms. The number of nitrogens with one attached hydrogen (secondary N) is 3. The summed E-state index contributed by atoms with van der Waals surface area (Å²) in [6.45, 7) is 0.486. The molecule has 1 fully saturated rings. The summed E-state index contributed by atoms with van der Waals surface area (Å²) in [6.07, 6.45) is -1.85. The van der Waals surface area contributed by atoms with E-state index < -0.39 is 12.0 Å². The SMILES string of the molecule is CC(=O)C(F)(F)F.Cl.NNc1ccccc1.O=C1CCCCC1=O.[CH2-]I.c1ccc2c(c1)[nH]c1c2ccc2c3ccccc3[nH]c21. The van der Waals surface area contributed by atoms with Crippen LogP contribution in [0.1, 0.15) is 32.6 Å². The molecular formula is C34H34ClF3IN4O3-. The fourth-order valence-electron chi connectivity index (χ4n) is 4.62. The summed E-state index contributed by atoms with van der Waals surface area (Å²) in [5.74, 6) is 3.00. The van der Waals surface area contributed by atoms with Crippen molar-refractivity contribution >= 4 is 102 Å². The molecule has 7 nitrogen and oxygen atoms in total. The number of carbonyl (C=O) groups is 3. The number of halogens is 5. The molecule has 1 saturated carbocycles. The highest BCUT2D eigenvalue weighted by atomic mass is 127. The minimum absolute atomic E-state index is 0. The molecule has 7 rings (SSSR count). The summed E-state index contributed by atoms with van der Waals surface area (Å²) in [5.41, 5.74) is 8.23. The molecule has 2 aromatic heterocycles. The summed E-state index contributed by atoms with van der Waals surface area (Å²) in [7, 11) is 0. The number of aromatic nitrogens is 2. The molecule has 244 valence electrons. The van der Waals surface area contributed by atoms with Crippen LogP contribution >= 0.6 is 35.0 Å². The average molecular weight is 766 g/mol. The minimum Gasteiger partial charge on any atom is -0.353 e. The van der Waals surface area contributed by atoms with Gasteiger partial charge < -0.3 is 38.0 Å². The van der Waals surface area contributed by atoms with Gasteiger partial charge in [0.2, 0.25) is 5.78 Å². The van der Waals surface area contributed by atoms with Crippen LogP contribution in [-0.2, 0) is 14.4 Å². The number of hydrogen-bond donors (Lipinski definition) is 4. The van der Waals surface area contributed by atoms with Crippen LogP contribution in [0.15, 0.2) is 91.0 Å². The highest BCUT2D eigenvalue weighted by Gasteiger charge is 2.33. The monoisotopic (exact) mass is 765 g/mol. The van der Waals surface area contributed by atoms with Gasteiger partial charge in [-0.3, -0.25) is 25.2 Å². The van der Waals surface area contributed by atoms with Crippen LogP contribution in [0.3, 0.4) is 0 Å². The van der Waals surface area contributed by atoms with Gasteiger partial charge in [-0.2, -0.15) is 13.2 Å². The van der Waals surface area contributed by atoms with E-state index in [0.29, 0.717) is 19.8 Å². The standard InChI is InChI=1S/C18H12N2.C6H8N2.C6H8O2.C3H3F3O.CH2I.ClH/c1-3-7-15-11(5-1)13-9-10-14-12-6-2-4-8-16(12)20-18(14)17(13)19-15;7-8-6-4-2-1-3-5-6;7-5-3-1-2-4-6(5)8;1-2(7)3(4,5)6;1-2;/h1-10,19-20H;1-5,8H,7H2;1-4H2;1H3;1H2;1H/q;;;;-1;. The van der Waals surface area contributed by atoms with Crippen molar-refractivity contribution in [2.24, 2.45) is 5.84 Å². The number of benzene rings is 4. The fourth-order valence-corrected chi connectivity index (χ4v) is 4.62. The first-order valence-corrected chi connectivity index (χ1v) is 15.4. The molecule has 2 heterocycles. The summed E-state index contributed by atoms with van der Waals surface area (Å²) >= 11 is 1.90. The van der Waals surface area contributed by atoms with Crippen LogP contribution in [0, 0.1) is 4.93 Å². The van der Waals surface area contributed by atoms with Crippen LogP contribution in [0.5, 0.6) is 0 Å². The molecule has 4 aromatic carbocycles. The van der Waals surface area contributed by atoms with Crippen LogP contribution < -0.4 is 11.3 Å². The van der Waals surface area contributed by atoms with Gasteiger partial charge >= 0.3 is 6.18 Å². The summed E-state index contributed by atoms with van der Waals surface area (Å²) in [4.78, 5) is 40.6. The average Bonchev–Trinajstić information content (AvgIpc) is 3.63. The van der Waals surface area contributed by atoms with E-state index in [4.69, 9.17) is 5.84 Å². The molecule has 6 aromatic rings. The molecular weight excluding hydrogens is 732 g/mol. The topological polar surface area (TPSA) is 121 Å². The molecule has 0 radical (unpaired) electrons. The number of aromatic amines is 2. The maximum atomic E-state index is 10.8. The van der Waals surface area contributed by atoms with Gasteiger partial charge in [0.05, 0.1) is 11.0 Å². The van der Waals surface area contributed by atoms with Gasteiger partial charge in [0.15, 0.2) is 11.6 Å². The fraction of sp³-hybridized carbons (Fsp3) is 0.176. The molecule has 0 amide bonds. The van der Waals surface area contributed by atoms with Gasteiger partial charge in [0.25, 0.3) is 0 Å². The number of hydrogen-bond acceptors (Lipinski definition) is 5. The van der Waals surface area contributed by atoms with Crippen molar-refractivity contribution in [1.29, 1.82) is 0 Å². The molecule has 1 aliphatic carbocycles. The molecule has 0 unspecified atom stereocenters. The zero-order valence-corrected chi connectivity index (χ0v) is 27.9. The van der Waals surface area contributed by atoms with E-state index in [1.807, 2.05) is 52.9 Å². The van der Waals surface area contributed by atoms with Gasteiger partial charge in [-0.15, -0.1) is 12.4 Å². The molecule has 0 saturated heterocycles. The highest BCUT2D eigenvalue weighted by molar-refractivity contribution is 14.1. The molecule has 46 heavy (non-hydrogen) atoms. The number of Topliss-reactive ketones (excluding diaryl/α,β-unsaturated/α-hetero) is 3. The van der Waals surface area contributed by atoms with Gasteiger partial charge in [-0.05, 0) is 37.1 Å². The maximum Gasteiger partial charge on any atom is 0.449 e. The Morgan fingerprint density at radius 1 is 0.717 bits per heavy atom. The molecule has 12 heteroatoms. The van der Waals surface area contributed by atoms with Crippen molar-refractivity contribution < 1.29 is 27.6 Å². The molecule has 1 aliphatic rings. The predicted molar refractivity (Wildman–Crippen MR) is 191 cm³/mol. The Labute approximate surface area is 284 Å². The number of para-hydroxylation sites is 3. The number of rotatable bonds is 1. The van der Waals surface area contributed by atoms with Gasteiger partial charge in [-0.25, -0.2) is 0 Å². The zero-order chi connectivity index (χ0) is 33.0. The Bertz CT molecular complexity index is 1780. The summed E-state index contributed by atoms with van der Waals surface area (Å²) < 4.78 is 32.5. The summed E-state index contributed by atoms with van der Waals surface area (Å²) in [6, 6.07) is 31.0. The summed E-state index contributed by atoms with van der Waals surface area (Å²) in [5, 5.41) is 5.12. The third-order valence-electron chi connectivity index (χ3n) is 6.87. The Kier molecular flexibility index (Phi) is 15.2. The van der Waals surface area contributed by atoms with E-state index in [2.05, 4.69) is 81.0 Å². The Hall–Kier alpha value is -3.94. The van der Waals surface area contributed by atoms with Crippen molar-refractivity contribution in [3.05, 3.63) is 95.9 Å². The van der Waals surface area contributed by atoms with Crippen molar-refractivity contribution in [2.45, 2.75) is 38.8 Å².